The molecule has 0 heterocycles. The van der Waals surface area contributed by atoms with Gasteiger partial charge in [0.25, 0.3) is 11.8 Å². The van der Waals surface area contributed by atoms with Crippen LogP contribution < -0.4 is 10.6 Å². The lowest BCUT2D eigenvalue weighted by Gasteiger charge is -2.12. The van der Waals surface area contributed by atoms with Gasteiger partial charge in [0.1, 0.15) is 6.54 Å². The van der Waals surface area contributed by atoms with Crippen molar-refractivity contribution in [3.8, 4) is 11.1 Å². The van der Waals surface area contributed by atoms with Crippen LogP contribution in [0.1, 0.15) is 36.0 Å². The first-order valence-electron chi connectivity index (χ1n) is 9.50. The Kier molecular flexibility index (Phi) is 6.78. The standard InChI is InChI=1S/C22H24N2O4/c25-20(24-19-8-4-5-9-19)15-28-21(26)14-23-22(27)18-12-10-17(11-13-18)16-6-2-1-3-7-16/h1-3,6-7,10-13,19H,4-5,8-9,14-15H2,(H,23,27)(H,24,25). The molecular formula is C22H24N2O4. The van der Waals surface area contributed by atoms with Crippen molar-refractivity contribution >= 4 is 17.8 Å². The van der Waals surface area contributed by atoms with E-state index >= 15 is 0 Å². The third kappa shape index (κ3) is 5.67. The second-order valence-electron chi connectivity index (χ2n) is 6.84. The van der Waals surface area contributed by atoms with E-state index in [1.165, 1.54) is 0 Å². The highest BCUT2D eigenvalue weighted by Gasteiger charge is 2.18. The van der Waals surface area contributed by atoms with Crippen LogP contribution in [0.3, 0.4) is 0 Å². The maximum Gasteiger partial charge on any atom is 0.325 e. The van der Waals surface area contributed by atoms with Crippen molar-refractivity contribution in [2.24, 2.45) is 0 Å². The molecule has 2 aromatic carbocycles. The Morgan fingerprint density at radius 3 is 2.21 bits per heavy atom. The van der Waals surface area contributed by atoms with Crippen LogP contribution in [0.4, 0.5) is 0 Å². The van der Waals surface area contributed by atoms with Gasteiger partial charge >= 0.3 is 5.97 Å². The van der Waals surface area contributed by atoms with Gasteiger partial charge in [-0.05, 0) is 36.1 Å². The first kappa shape index (κ1) is 19.6. The molecule has 0 bridgehead atoms. The number of hydrogen-bond donors (Lipinski definition) is 2. The zero-order valence-corrected chi connectivity index (χ0v) is 15.6. The van der Waals surface area contributed by atoms with Crippen molar-refractivity contribution in [3.63, 3.8) is 0 Å². The number of benzene rings is 2. The number of rotatable bonds is 7. The summed E-state index contributed by atoms with van der Waals surface area (Å²) in [5.41, 5.74) is 2.52. The fourth-order valence-electron chi connectivity index (χ4n) is 3.24. The highest BCUT2D eigenvalue weighted by atomic mass is 16.5. The number of nitrogens with one attached hydrogen (secondary N) is 2. The van der Waals surface area contributed by atoms with Crippen LogP contribution in [0.2, 0.25) is 0 Å². The third-order valence-electron chi connectivity index (χ3n) is 4.73. The zero-order chi connectivity index (χ0) is 19.8. The Morgan fingerprint density at radius 2 is 1.54 bits per heavy atom. The minimum atomic E-state index is -0.643. The van der Waals surface area contributed by atoms with Crippen LogP contribution in [0, 0.1) is 0 Å². The second kappa shape index (κ2) is 9.69. The Morgan fingerprint density at radius 1 is 0.893 bits per heavy atom. The van der Waals surface area contributed by atoms with E-state index in [1.807, 2.05) is 42.5 Å². The van der Waals surface area contributed by atoms with Crippen LogP contribution in [0.15, 0.2) is 54.6 Å². The smallest absolute Gasteiger partial charge is 0.325 e. The SMILES string of the molecule is O=C(COC(=O)CNC(=O)c1ccc(-c2ccccc2)cc1)NC1CCCC1. The molecule has 0 atom stereocenters. The van der Waals surface area contributed by atoms with Crippen molar-refractivity contribution in [1.82, 2.24) is 10.6 Å². The molecule has 0 saturated heterocycles. The molecule has 0 aromatic heterocycles. The quantitative estimate of drug-likeness (QED) is 0.724. The number of hydrogen-bond acceptors (Lipinski definition) is 4. The van der Waals surface area contributed by atoms with E-state index in [4.69, 9.17) is 4.74 Å². The molecule has 1 fully saturated rings. The lowest BCUT2D eigenvalue weighted by molar-refractivity contribution is -0.147. The van der Waals surface area contributed by atoms with E-state index in [1.54, 1.807) is 12.1 Å². The fraction of sp³-hybridized carbons (Fsp3) is 0.318. The highest BCUT2D eigenvalue weighted by Crippen LogP contribution is 2.19. The van der Waals surface area contributed by atoms with Crippen molar-refractivity contribution in [1.29, 1.82) is 0 Å². The molecule has 0 radical (unpaired) electrons. The van der Waals surface area contributed by atoms with Crippen molar-refractivity contribution in [2.75, 3.05) is 13.2 Å². The van der Waals surface area contributed by atoms with E-state index in [2.05, 4.69) is 10.6 Å². The maximum absolute atomic E-state index is 12.2. The van der Waals surface area contributed by atoms with Crippen molar-refractivity contribution < 1.29 is 19.1 Å². The third-order valence-corrected chi connectivity index (χ3v) is 4.73. The summed E-state index contributed by atoms with van der Waals surface area (Å²) in [5.74, 6) is -1.31. The molecular weight excluding hydrogens is 356 g/mol. The number of esters is 1. The number of carbonyl (C=O) groups is 3. The van der Waals surface area contributed by atoms with E-state index in [-0.39, 0.29) is 31.0 Å². The van der Waals surface area contributed by atoms with Crippen LogP contribution in [0.25, 0.3) is 11.1 Å². The normalized spacial score (nSPS) is 13.7. The van der Waals surface area contributed by atoms with Gasteiger partial charge in [0, 0.05) is 11.6 Å². The highest BCUT2D eigenvalue weighted by molar-refractivity contribution is 5.96. The minimum Gasteiger partial charge on any atom is -0.454 e. The van der Waals surface area contributed by atoms with Gasteiger partial charge < -0.3 is 15.4 Å². The first-order valence-corrected chi connectivity index (χ1v) is 9.50. The van der Waals surface area contributed by atoms with E-state index < -0.39 is 5.97 Å². The van der Waals surface area contributed by atoms with Gasteiger partial charge in [0.05, 0.1) is 0 Å². The molecule has 1 aliphatic rings. The summed E-state index contributed by atoms with van der Waals surface area (Å²) in [6.45, 7) is -0.604. The van der Waals surface area contributed by atoms with E-state index in [0.29, 0.717) is 5.56 Å². The molecule has 2 amide bonds. The molecule has 6 heteroatoms. The number of carbonyl (C=O) groups excluding carboxylic acids is 3. The molecule has 6 nitrogen and oxygen atoms in total. The Balaban J connectivity index is 1.40. The Labute approximate surface area is 164 Å². The summed E-state index contributed by atoms with van der Waals surface area (Å²) in [6.07, 6.45) is 4.17. The fourth-order valence-corrected chi connectivity index (χ4v) is 3.24. The van der Waals surface area contributed by atoms with E-state index in [9.17, 15) is 14.4 Å². The summed E-state index contributed by atoms with van der Waals surface area (Å²) in [6, 6.07) is 17.2. The average Bonchev–Trinajstić information content (AvgIpc) is 3.24. The average molecular weight is 380 g/mol. The van der Waals surface area contributed by atoms with Crippen molar-refractivity contribution in [3.05, 3.63) is 60.2 Å². The summed E-state index contributed by atoms with van der Waals surface area (Å²) in [4.78, 5) is 35.6. The van der Waals surface area contributed by atoms with Gasteiger partial charge in [-0.1, -0.05) is 55.3 Å². The molecule has 0 unspecified atom stereocenters. The molecule has 2 N–H and O–H groups in total. The summed E-state index contributed by atoms with van der Waals surface area (Å²) < 4.78 is 4.91. The van der Waals surface area contributed by atoms with Crippen LogP contribution in [-0.2, 0) is 14.3 Å². The molecule has 28 heavy (non-hydrogen) atoms. The number of ether oxygens (including phenoxy) is 1. The van der Waals surface area contributed by atoms with Crippen LogP contribution in [-0.4, -0.2) is 37.0 Å². The molecule has 0 spiro atoms. The van der Waals surface area contributed by atoms with Gasteiger partial charge in [-0.15, -0.1) is 0 Å². The summed E-state index contributed by atoms with van der Waals surface area (Å²) >= 11 is 0. The summed E-state index contributed by atoms with van der Waals surface area (Å²) in [7, 11) is 0. The predicted octanol–water partition coefficient (Wildman–Crippen LogP) is 2.69. The molecule has 0 aliphatic heterocycles. The van der Waals surface area contributed by atoms with Gasteiger partial charge in [0.2, 0.25) is 0 Å². The van der Waals surface area contributed by atoms with Gasteiger partial charge in [-0.25, -0.2) is 0 Å². The Bertz CT molecular complexity index is 812. The summed E-state index contributed by atoms with van der Waals surface area (Å²) in [5, 5.41) is 5.35. The van der Waals surface area contributed by atoms with Gasteiger partial charge in [-0.3, -0.25) is 14.4 Å². The van der Waals surface area contributed by atoms with Gasteiger partial charge in [-0.2, -0.15) is 0 Å². The number of amides is 2. The Hall–Kier alpha value is -3.15. The van der Waals surface area contributed by atoms with Crippen LogP contribution >= 0.6 is 0 Å². The first-order chi connectivity index (χ1) is 13.6. The van der Waals surface area contributed by atoms with E-state index in [0.717, 1.165) is 36.8 Å². The molecule has 3 rings (SSSR count). The molecule has 1 saturated carbocycles. The van der Waals surface area contributed by atoms with Crippen LogP contribution in [0.5, 0.6) is 0 Å². The molecule has 146 valence electrons. The topological polar surface area (TPSA) is 84.5 Å². The predicted molar refractivity (Wildman–Crippen MR) is 106 cm³/mol. The maximum atomic E-state index is 12.2. The molecule has 2 aromatic rings. The lowest BCUT2D eigenvalue weighted by Crippen LogP contribution is -2.37. The lowest BCUT2D eigenvalue weighted by atomic mass is 10.0. The van der Waals surface area contributed by atoms with Crippen molar-refractivity contribution in [2.45, 2.75) is 31.7 Å². The minimum absolute atomic E-state index is 0.185. The zero-order valence-electron chi connectivity index (χ0n) is 15.6. The van der Waals surface area contributed by atoms with Gasteiger partial charge in [0.15, 0.2) is 6.61 Å². The monoisotopic (exact) mass is 380 g/mol. The molecule has 1 aliphatic carbocycles. The second-order valence-corrected chi connectivity index (χ2v) is 6.84. The largest absolute Gasteiger partial charge is 0.454 e.